The molecule has 1 fully saturated rings. The molecule has 1 unspecified atom stereocenters. The standard InChI is InChI=1S/C15H26BrN3/c1-5-12-14(16)13(19(4)18-12)10-17-11-7-6-8-15(2,3)9-11/h11,17H,5-10H2,1-4H3. The van der Waals surface area contributed by atoms with Crippen molar-refractivity contribution >= 4 is 15.9 Å². The molecular weight excluding hydrogens is 302 g/mol. The number of aryl methyl sites for hydroxylation is 2. The molecular formula is C15H26BrN3. The van der Waals surface area contributed by atoms with E-state index < -0.39 is 0 Å². The third-order valence-electron chi connectivity index (χ3n) is 4.27. The molecule has 1 atom stereocenters. The van der Waals surface area contributed by atoms with Crippen LogP contribution < -0.4 is 5.32 Å². The lowest BCUT2D eigenvalue weighted by Crippen LogP contribution is -2.37. The van der Waals surface area contributed by atoms with Crippen LogP contribution in [0.3, 0.4) is 0 Å². The van der Waals surface area contributed by atoms with Gasteiger partial charge >= 0.3 is 0 Å². The van der Waals surface area contributed by atoms with Gasteiger partial charge in [0.2, 0.25) is 0 Å². The minimum atomic E-state index is 0.494. The van der Waals surface area contributed by atoms with Gasteiger partial charge in [-0.05, 0) is 47.0 Å². The van der Waals surface area contributed by atoms with Crippen molar-refractivity contribution in [2.24, 2.45) is 12.5 Å². The van der Waals surface area contributed by atoms with E-state index in [0.29, 0.717) is 11.5 Å². The molecule has 1 aliphatic rings. The average molecular weight is 328 g/mol. The summed E-state index contributed by atoms with van der Waals surface area (Å²) in [4.78, 5) is 0. The first-order valence-electron chi connectivity index (χ1n) is 7.36. The highest BCUT2D eigenvalue weighted by molar-refractivity contribution is 9.10. The van der Waals surface area contributed by atoms with E-state index in [1.54, 1.807) is 0 Å². The van der Waals surface area contributed by atoms with Gasteiger partial charge in [-0.15, -0.1) is 0 Å². The Balaban J connectivity index is 1.97. The van der Waals surface area contributed by atoms with Gasteiger partial charge in [-0.25, -0.2) is 0 Å². The first-order chi connectivity index (χ1) is 8.93. The molecule has 1 N–H and O–H groups in total. The van der Waals surface area contributed by atoms with Gasteiger partial charge in [-0.3, -0.25) is 4.68 Å². The first kappa shape index (κ1) is 15.0. The van der Waals surface area contributed by atoms with E-state index in [9.17, 15) is 0 Å². The lowest BCUT2D eigenvalue weighted by molar-refractivity contribution is 0.197. The lowest BCUT2D eigenvalue weighted by atomic mass is 9.75. The van der Waals surface area contributed by atoms with Gasteiger partial charge in [-0.2, -0.15) is 5.10 Å². The van der Waals surface area contributed by atoms with Crippen LogP contribution in [0.25, 0.3) is 0 Å². The van der Waals surface area contributed by atoms with E-state index in [1.165, 1.54) is 35.8 Å². The molecule has 19 heavy (non-hydrogen) atoms. The van der Waals surface area contributed by atoms with Crippen LogP contribution in [0.4, 0.5) is 0 Å². The summed E-state index contributed by atoms with van der Waals surface area (Å²) in [6, 6.07) is 0.649. The molecule has 0 bridgehead atoms. The fourth-order valence-electron chi connectivity index (χ4n) is 3.13. The summed E-state index contributed by atoms with van der Waals surface area (Å²) in [6.45, 7) is 7.82. The van der Waals surface area contributed by atoms with E-state index >= 15 is 0 Å². The molecule has 108 valence electrons. The predicted molar refractivity (Wildman–Crippen MR) is 83.2 cm³/mol. The Morgan fingerprint density at radius 2 is 2.21 bits per heavy atom. The van der Waals surface area contributed by atoms with Gasteiger partial charge < -0.3 is 5.32 Å². The molecule has 0 radical (unpaired) electrons. The summed E-state index contributed by atoms with van der Waals surface area (Å²) >= 11 is 3.69. The number of halogens is 1. The van der Waals surface area contributed by atoms with Gasteiger partial charge in [0, 0.05) is 19.6 Å². The summed E-state index contributed by atoms with van der Waals surface area (Å²) in [5, 5.41) is 8.27. The zero-order valence-corrected chi connectivity index (χ0v) is 14.2. The Morgan fingerprint density at radius 1 is 1.47 bits per heavy atom. The molecule has 1 heterocycles. The van der Waals surface area contributed by atoms with Crippen molar-refractivity contribution in [3.8, 4) is 0 Å². The fourth-order valence-corrected chi connectivity index (χ4v) is 3.88. The Morgan fingerprint density at radius 3 is 2.79 bits per heavy atom. The van der Waals surface area contributed by atoms with Crippen molar-refractivity contribution in [2.45, 2.75) is 65.5 Å². The molecule has 1 aromatic rings. The van der Waals surface area contributed by atoms with E-state index in [1.807, 2.05) is 11.7 Å². The van der Waals surface area contributed by atoms with Crippen LogP contribution >= 0.6 is 15.9 Å². The zero-order valence-electron chi connectivity index (χ0n) is 12.6. The molecule has 0 amide bonds. The number of aromatic nitrogens is 2. The highest BCUT2D eigenvalue weighted by Gasteiger charge is 2.27. The molecule has 0 aromatic carbocycles. The molecule has 1 saturated carbocycles. The quantitative estimate of drug-likeness (QED) is 0.911. The Kier molecular flexibility index (Phi) is 4.72. The van der Waals surface area contributed by atoms with Gasteiger partial charge in [0.25, 0.3) is 0 Å². The average Bonchev–Trinajstić information content (AvgIpc) is 2.61. The molecule has 0 saturated heterocycles. The Labute approximate surface area is 125 Å². The molecule has 4 heteroatoms. The monoisotopic (exact) mass is 327 g/mol. The second-order valence-electron chi connectivity index (χ2n) is 6.52. The van der Waals surface area contributed by atoms with E-state index in [0.717, 1.165) is 18.7 Å². The summed E-state index contributed by atoms with van der Waals surface area (Å²) in [5.41, 5.74) is 2.91. The van der Waals surface area contributed by atoms with Crippen molar-refractivity contribution in [1.29, 1.82) is 0 Å². The highest BCUT2D eigenvalue weighted by Crippen LogP contribution is 2.35. The topological polar surface area (TPSA) is 29.9 Å². The van der Waals surface area contributed by atoms with Crippen LogP contribution in [-0.4, -0.2) is 15.8 Å². The largest absolute Gasteiger partial charge is 0.308 e. The highest BCUT2D eigenvalue weighted by atomic mass is 79.9. The molecule has 2 rings (SSSR count). The van der Waals surface area contributed by atoms with Crippen LogP contribution in [-0.2, 0) is 20.0 Å². The minimum Gasteiger partial charge on any atom is -0.308 e. The summed E-state index contributed by atoms with van der Waals surface area (Å²) < 4.78 is 3.18. The molecule has 1 aromatic heterocycles. The van der Waals surface area contributed by atoms with Crippen LogP contribution in [0, 0.1) is 5.41 Å². The Hall–Kier alpha value is -0.350. The predicted octanol–water partition coefficient (Wildman–Crippen LogP) is 3.80. The third-order valence-corrected chi connectivity index (χ3v) is 5.18. The maximum atomic E-state index is 4.55. The molecule has 3 nitrogen and oxygen atoms in total. The summed E-state index contributed by atoms with van der Waals surface area (Å²) in [6.07, 6.45) is 6.27. The van der Waals surface area contributed by atoms with E-state index in [2.05, 4.69) is 47.1 Å². The fraction of sp³-hybridized carbons (Fsp3) is 0.800. The third kappa shape index (κ3) is 3.60. The maximum absolute atomic E-state index is 4.55. The second-order valence-corrected chi connectivity index (χ2v) is 7.32. The Bertz CT molecular complexity index is 437. The summed E-state index contributed by atoms with van der Waals surface area (Å²) in [5.74, 6) is 0. The van der Waals surface area contributed by atoms with Crippen molar-refractivity contribution < 1.29 is 0 Å². The van der Waals surface area contributed by atoms with Gasteiger partial charge in [-0.1, -0.05) is 27.2 Å². The number of rotatable bonds is 4. The lowest BCUT2D eigenvalue weighted by Gasteiger charge is -2.35. The van der Waals surface area contributed by atoms with Crippen LogP contribution in [0.1, 0.15) is 57.8 Å². The van der Waals surface area contributed by atoms with Crippen molar-refractivity contribution in [3.63, 3.8) is 0 Å². The first-order valence-corrected chi connectivity index (χ1v) is 8.16. The van der Waals surface area contributed by atoms with Crippen molar-refractivity contribution in [3.05, 3.63) is 15.9 Å². The number of hydrogen-bond acceptors (Lipinski definition) is 2. The van der Waals surface area contributed by atoms with Crippen LogP contribution in [0.15, 0.2) is 4.47 Å². The SMILES string of the molecule is CCc1nn(C)c(CNC2CCCC(C)(C)C2)c1Br. The maximum Gasteiger partial charge on any atom is 0.0767 e. The molecule has 1 aliphatic carbocycles. The number of nitrogens with zero attached hydrogens (tertiary/aromatic N) is 2. The molecule has 0 aliphatic heterocycles. The second kappa shape index (κ2) is 5.96. The van der Waals surface area contributed by atoms with Crippen molar-refractivity contribution in [2.75, 3.05) is 0 Å². The number of hydrogen-bond donors (Lipinski definition) is 1. The number of nitrogens with one attached hydrogen (secondary N) is 1. The van der Waals surface area contributed by atoms with Crippen molar-refractivity contribution in [1.82, 2.24) is 15.1 Å². The molecule has 0 spiro atoms. The van der Waals surface area contributed by atoms with Gasteiger partial charge in [0.05, 0.1) is 15.9 Å². The van der Waals surface area contributed by atoms with Gasteiger partial charge in [0.15, 0.2) is 0 Å². The van der Waals surface area contributed by atoms with Crippen LogP contribution in [0.2, 0.25) is 0 Å². The van der Waals surface area contributed by atoms with E-state index in [-0.39, 0.29) is 0 Å². The van der Waals surface area contributed by atoms with Gasteiger partial charge in [0.1, 0.15) is 0 Å². The minimum absolute atomic E-state index is 0.494. The zero-order chi connectivity index (χ0) is 14.0. The smallest absolute Gasteiger partial charge is 0.0767 e. The van der Waals surface area contributed by atoms with Crippen LogP contribution in [0.5, 0.6) is 0 Å². The van der Waals surface area contributed by atoms with E-state index in [4.69, 9.17) is 0 Å². The normalized spacial score (nSPS) is 22.7. The summed E-state index contributed by atoms with van der Waals surface area (Å²) in [7, 11) is 2.03.